The number of amides is 2. The Labute approximate surface area is 192 Å². The highest BCUT2D eigenvalue weighted by Crippen LogP contribution is 2.34. The molecule has 0 aliphatic rings. The molecular formula is C24H20F4N4O2. The van der Waals surface area contributed by atoms with Gasteiger partial charge in [-0.25, -0.2) is 9.78 Å². The molecule has 4 rings (SSSR count). The number of halogens is 4. The lowest BCUT2D eigenvalue weighted by Crippen LogP contribution is -2.20. The smallest absolute Gasteiger partial charge is 0.416 e. The van der Waals surface area contributed by atoms with Gasteiger partial charge in [0.15, 0.2) is 0 Å². The number of nitrogens with zero attached hydrogens (tertiary/aromatic N) is 1. The zero-order chi connectivity index (χ0) is 24.1. The van der Waals surface area contributed by atoms with Gasteiger partial charge in [-0.3, -0.25) is 4.39 Å². The third-order valence-electron chi connectivity index (χ3n) is 5.01. The van der Waals surface area contributed by atoms with Gasteiger partial charge >= 0.3 is 12.2 Å². The molecule has 2 amide bonds. The molecule has 3 N–H and O–H groups in total. The Kier molecular flexibility index (Phi) is 6.67. The third-order valence-corrected chi connectivity index (χ3v) is 5.01. The SMILES string of the molecule is O=C(Nc1ccc(Oc2ccnc3[nH]ccc23)cc1)Nc1ccc(CCCF)c(C(F)(F)F)c1. The van der Waals surface area contributed by atoms with Gasteiger partial charge in [-0.15, -0.1) is 0 Å². The number of benzene rings is 2. The van der Waals surface area contributed by atoms with Crippen LogP contribution in [0.3, 0.4) is 0 Å². The fraction of sp³-hybridized carbons (Fsp3) is 0.167. The maximum atomic E-state index is 13.4. The average molecular weight is 472 g/mol. The number of rotatable bonds is 7. The van der Waals surface area contributed by atoms with E-state index < -0.39 is 24.4 Å². The summed E-state index contributed by atoms with van der Waals surface area (Å²) in [6, 6.07) is 12.8. The molecule has 0 saturated carbocycles. The van der Waals surface area contributed by atoms with Crippen molar-refractivity contribution in [3.8, 4) is 11.5 Å². The van der Waals surface area contributed by atoms with Crippen molar-refractivity contribution in [1.82, 2.24) is 9.97 Å². The topological polar surface area (TPSA) is 79.0 Å². The molecule has 0 unspecified atom stereocenters. The third kappa shape index (κ3) is 5.45. The van der Waals surface area contributed by atoms with Gasteiger partial charge in [-0.2, -0.15) is 13.2 Å². The molecule has 0 fully saturated rings. The molecular weight excluding hydrogens is 452 g/mol. The van der Waals surface area contributed by atoms with Crippen molar-refractivity contribution in [3.05, 3.63) is 78.1 Å². The predicted molar refractivity (Wildman–Crippen MR) is 121 cm³/mol. The van der Waals surface area contributed by atoms with Crippen LogP contribution in [0.2, 0.25) is 0 Å². The summed E-state index contributed by atoms with van der Waals surface area (Å²) in [7, 11) is 0. The van der Waals surface area contributed by atoms with Crippen LogP contribution in [0.25, 0.3) is 11.0 Å². The van der Waals surface area contributed by atoms with E-state index in [-0.39, 0.29) is 24.1 Å². The summed E-state index contributed by atoms with van der Waals surface area (Å²) in [5, 5.41) is 5.77. The van der Waals surface area contributed by atoms with Crippen LogP contribution in [0.5, 0.6) is 11.5 Å². The van der Waals surface area contributed by atoms with E-state index in [1.807, 2.05) is 6.07 Å². The molecule has 34 heavy (non-hydrogen) atoms. The Morgan fingerprint density at radius 1 is 1.00 bits per heavy atom. The number of hydrogen-bond acceptors (Lipinski definition) is 3. The number of carbonyl (C=O) groups is 1. The summed E-state index contributed by atoms with van der Waals surface area (Å²) < 4.78 is 58.3. The van der Waals surface area contributed by atoms with Crippen LogP contribution in [-0.4, -0.2) is 22.7 Å². The van der Waals surface area contributed by atoms with E-state index >= 15 is 0 Å². The molecule has 0 bridgehead atoms. The van der Waals surface area contributed by atoms with Gasteiger partial charge in [-0.05, 0) is 66.9 Å². The van der Waals surface area contributed by atoms with Gasteiger partial charge in [0.25, 0.3) is 0 Å². The highest BCUT2D eigenvalue weighted by molar-refractivity contribution is 5.99. The van der Waals surface area contributed by atoms with Crippen molar-refractivity contribution < 1.29 is 27.1 Å². The number of pyridine rings is 1. The normalized spacial score (nSPS) is 11.4. The molecule has 0 saturated heterocycles. The molecule has 0 atom stereocenters. The molecule has 10 heteroatoms. The van der Waals surface area contributed by atoms with Crippen LogP contribution in [0, 0.1) is 0 Å². The number of H-pyrrole nitrogens is 1. The number of urea groups is 1. The van der Waals surface area contributed by atoms with Crippen molar-refractivity contribution in [1.29, 1.82) is 0 Å². The minimum absolute atomic E-state index is 0.00667. The molecule has 2 aromatic carbocycles. The lowest BCUT2D eigenvalue weighted by Gasteiger charge is -2.15. The second kappa shape index (κ2) is 9.82. The van der Waals surface area contributed by atoms with Crippen molar-refractivity contribution in [2.75, 3.05) is 17.3 Å². The first-order valence-corrected chi connectivity index (χ1v) is 10.4. The number of anilines is 2. The minimum atomic E-state index is -4.61. The number of aromatic nitrogens is 2. The van der Waals surface area contributed by atoms with E-state index in [2.05, 4.69) is 20.6 Å². The number of ether oxygens (including phenoxy) is 1. The fourth-order valence-corrected chi connectivity index (χ4v) is 3.44. The lowest BCUT2D eigenvalue weighted by molar-refractivity contribution is -0.138. The molecule has 0 spiro atoms. The molecule has 4 aromatic rings. The fourth-order valence-electron chi connectivity index (χ4n) is 3.44. The summed E-state index contributed by atoms with van der Waals surface area (Å²) >= 11 is 0. The highest BCUT2D eigenvalue weighted by Gasteiger charge is 2.33. The Morgan fingerprint density at radius 3 is 2.47 bits per heavy atom. The van der Waals surface area contributed by atoms with E-state index in [9.17, 15) is 22.4 Å². The summed E-state index contributed by atoms with van der Waals surface area (Å²) in [6.07, 6.45) is -1.29. The number of alkyl halides is 4. The van der Waals surface area contributed by atoms with Gasteiger partial charge in [0.1, 0.15) is 17.1 Å². The number of hydrogen-bond donors (Lipinski definition) is 3. The van der Waals surface area contributed by atoms with E-state index in [1.165, 1.54) is 12.1 Å². The number of carbonyl (C=O) groups excluding carboxylic acids is 1. The predicted octanol–water partition coefficient (Wildman–Crippen LogP) is 6.92. The van der Waals surface area contributed by atoms with Crippen LogP contribution in [0.1, 0.15) is 17.5 Å². The summed E-state index contributed by atoms with van der Waals surface area (Å²) in [5.74, 6) is 1.14. The van der Waals surface area contributed by atoms with E-state index in [0.717, 1.165) is 11.5 Å². The van der Waals surface area contributed by atoms with Crippen LogP contribution in [-0.2, 0) is 12.6 Å². The molecule has 0 radical (unpaired) electrons. The van der Waals surface area contributed by atoms with Gasteiger partial charge in [-0.1, -0.05) is 6.07 Å². The number of fused-ring (bicyclic) bond motifs is 1. The van der Waals surface area contributed by atoms with Crippen LogP contribution in [0.4, 0.5) is 33.7 Å². The first kappa shape index (κ1) is 23.1. The minimum Gasteiger partial charge on any atom is -0.457 e. The standard InChI is InChI=1S/C24H20F4N4O2/c25-11-1-2-15-3-4-17(14-20(15)24(26,27)28)32-23(33)31-16-5-7-18(8-6-16)34-21-10-13-30-22-19(21)9-12-29-22/h3-10,12-14H,1-2,11H2,(H,29,30)(H2,31,32,33). The van der Waals surface area contributed by atoms with Gasteiger partial charge in [0, 0.05) is 23.8 Å². The Bertz CT molecular complexity index is 1290. The number of aryl methyl sites for hydroxylation is 1. The maximum Gasteiger partial charge on any atom is 0.416 e. The average Bonchev–Trinajstić information content (AvgIpc) is 3.29. The van der Waals surface area contributed by atoms with Crippen LogP contribution in [0.15, 0.2) is 67.0 Å². The van der Waals surface area contributed by atoms with E-state index in [1.54, 1.807) is 42.7 Å². The first-order valence-electron chi connectivity index (χ1n) is 10.4. The summed E-state index contributed by atoms with van der Waals surface area (Å²) in [5.41, 5.74) is 0.172. The van der Waals surface area contributed by atoms with Gasteiger partial charge in [0.2, 0.25) is 0 Å². The van der Waals surface area contributed by atoms with E-state index in [0.29, 0.717) is 22.8 Å². The highest BCUT2D eigenvalue weighted by atomic mass is 19.4. The quantitative estimate of drug-likeness (QED) is 0.256. The number of nitrogens with one attached hydrogen (secondary N) is 3. The maximum absolute atomic E-state index is 13.4. The van der Waals surface area contributed by atoms with Crippen molar-refractivity contribution in [2.45, 2.75) is 19.0 Å². The zero-order valence-corrected chi connectivity index (χ0v) is 17.7. The van der Waals surface area contributed by atoms with Crippen molar-refractivity contribution >= 4 is 28.4 Å². The Hall–Kier alpha value is -4.08. The van der Waals surface area contributed by atoms with Crippen molar-refractivity contribution in [3.63, 3.8) is 0 Å². The van der Waals surface area contributed by atoms with Crippen LogP contribution < -0.4 is 15.4 Å². The van der Waals surface area contributed by atoms with Crippen LogP contribution >= 0.6 is 0 Å². The Balaban J connectivity index is 1.40. The van der Waals surface area contributed by atoms with Crippen molar-refractivity contribution in [2.24, 2.45) is 0 Å². The monoisotopic (exact) mass is 472 g/mol. The van der Waals surface area contributed by atoms with Gasteiger partial charge < -0.3 is 20.4 Å². The number of aromatic amines is 1. The van der Waals surface area contributed by atoms with Gasteiger partial charge in [0.05, 0.1) is 17.6 Å². The molecule has 0 aliphatic heterocycles. The summed E-state index contributed by atoms with van der Waals surface area (Å²) in [6.45, 7) is -0.706. The lowest BCUT2D eigenvalue weighted by atomic mass is 10.0. The van der Waals surface area contributed by atoms with E-state index in [4.69, 9.17) is 4.74 Å². The molecule has 176 valence electrons. The first-order chi connectivity index (χ1) is 16.3. The second-order valence-electron chi connectivity index (χ2n) is 7.42. The molecule has 0 aliphatic carbocycles. The largest absolute Gasteiger partial charge is 0.457 e. The second-order valence-corrected chi connectivity index (χ2v) is 7.42. The molecule has 6 nitrogen and oxygen atoms in total. The Morgan fingerprint density at radius 2 is 1.74 bits per heavy atom. The zero-order valence-electron chi connectivity index (χ0n) is 17.7. The molecule has 2 heterocycles. The molecule has 2 aromatic heterocycles. The summed E-state index contributed by atoms with van der Waals surface area (Å²) in [4.78, 5) is 19.5.